The van der Waals surface area contributed by atoms with Crippen molar-refractivity contribution in [2.45, 2.75) is 19.9 Å². The van der Waals surface area contributed by atoms with Crippen molar-refractivity contribution in [3.8, 4) is 0 Å². The molecule has 0 saturated carbocycles. The Morgan fingerprint density at radius 1 is 1.70 bits per heavy atom. The van der Waals surface area contributed by atoms with Crippen molar-refractivity contribution in [1.82, 2.24) is 10.1 Å². The van der Waals surface area contributed by atoms with Crippen molar-refractivity contribution in [3.05, 3.63) is 6.33 Å². The summed E-state index contributed by atoms with van der Waals surface area (Å²) in [7, 11) is 0. The summed E-state index contributed by atoms with van der Waals surface area (Å²) in [5.74, 6) is 5.52. The van der Waals surface area contributed by atoms with Crippen molar-refractivity contribution < 1.29 is 4.52 Å². The molecule has 56 valence electrons. The number of anilines is 1. The summed E-state index contributed by atoms with van der Waals surface area (Å²) in [6, 6.07) is 0.510. The van der Waals surface area contributed by atoms with Crippen LogP contribution in [0.3, 0.4) is 0 Å². The molecule has 10 heavy (non-hydrogen) atoms. The third-order valence-electron chi connectivity index (χ3n) is 1.13. The van der Waals surface area contributed by atoms with Gasteiger partial charge in [0.15, 0.2) is 6.33 Å². The van der Waals surface area contributed by atoms with Crippen LogP contribution in [0.5, 0.6) is 0 Å². The van der Waals surface area contributed by atoms with Gasteiger partial charge in [0.2, 0.25) is 0 Å². The normalized spacial score (nSPS) is 10.4. The largest absolute Gasteiger partial charge is 0.338 e. The van der Waals surface area contributed by atoms with Gasteiger partial charge < -0.3 is 4.52 Å². The van der Waals surface area contributed by atoms with E-state index in [1.165, 1.54) is 11.3 Å². The lowest BCUT2D eigenvalue weighted by Gasteiger charge is -2.16. The maximum atomic E-state index is 5.52. The van der Waals surface area contributed by atoms with Gasteiger partial charge >= 0.3 is 6.01 Å². The summed E-state index contributed by atoms with van der Waals surface area (Å²) in [5.41, 5.74) is 0. The minimum Gasteiger partial charge on any atom is -0.314 e. The van der Waals surface area contributed by atoms with E-state index in [4.69, 9.17) is 10.4 Å². The Balaban J connectivity index is 2.68. The molecule has 0 aliphatic heterocycles. The summed E-state index contributed by atoms with van der Waals surface area (Å²) < 4.78 is 4.70. The Bertz CT molecular complexity index is 184. The fraction of sp³-hybridized carbons (Fsp3) is 0.600. The average Bonchev–Trinajstić information content (AvgIpc) is 2.36. The first kappa shape index (κ1) is 7.01. The Hall–Kier alpha value is -1.10. The standard InChI is InChI=1S/C5H10N4O/c1-4(2)9(6)5-7-3-8-10-5/h3-4H,6H2,1-2H3. The van der Waals surface area contributed by atoms with Crippen LogP contribution in [0.15, 0.2) is 10.9 Å². The molecule has 5 nitrogen and oxygen atoms in total. The molecule has 0 amide bonds. The number of nitrogens with two attached hydrogens (primary N) is 1. The minimum absolute atomic E-state index is 0.167. The lowest BCUT2D eigenvalue weighted by Crippen LogP contribution is -2.37. The van der Waals surface area contributed by atoms with E-state index in [1.807, 2.05) is 13.8 Å². The number of nitrogens with zero attached hydrogens (tertiary/aromatic N) is 3. The van der Waals surface area contributed by atoms with Crippen LogP contribution < -0.4 is 10.9 Å². The average molecular weight is 142 g/mol. The smallest absolute Gasteiger partial charge is 0.314 e. The van der Waals surface area contributed by atoms with Crippen LogP contribution in [-0.4, -0.2) is 16.2 Å². The van der Waals surface area contributed by atoms with Gasteiger partial charge in [-0.2, -0.15) is 4.98 Å². The predicted molar refractivity (Wildman–Crippen MR) is 36.1 cm³/mol. The van der Waals surface area contributed by atoms with Gasteiger partial charge in [-0.15, -0.1) is 0 Å². The number of hydrogen-bond acceptors (Lipinski definition) is 5. The minimum atomic E-state index is 0.167. The number of rotatable bonds is 2. The molecule has 2 N–H and O–H groups in total. The van der Waals surface area contributed by atoms with Gasteiger partial charge in [0.25, 0.3) is 0 Å². The summed E-state index contributed by atoms with van der Waals surface area (Å²) in [4.78, 5) is 3.76. The molecule has 0 saturated heterocycles. The summed E-state index contributed by atoms with van der Waals surface area (Å²) in [6.45, 7) is 3.87. The van der Waals surface area contributed by atoms with E-state index in [1.54, 1.807) is 0 Å². The van der Waals surface area contributed by atoms with Crippen molar-refractivity contribution in [3.63, 3.8) is 0 Å². The Labute approximate surface area is 58.8 Å². The zero-order valence-electron chi connectivity index (χ0n) is 5.98. The van der Waals surface area contributed by atoms with Crippen molar-refractivity contribution >= 4 is 6.01 Å². The van der Waals surface area contributed by atoms with Crippen LogP contribution in [0.2, 0.25) is 0 Å². The van der Waals surface area contributed by atoms with Crippen LogP contribution in [0.25, 0.3) is 0 Å². The maximum Gasteiger partial charge on any atom is 0.338 e. The number of hydrazine groups is 1. The number of aromatic nitrogens is 2. The molecule has 0 aromatic carbocycles. The monoisotopic (exact) mass is 142 g/mol. The molecule has 0 atom stereocenters. The first-order chi connectivity index (χ1) is 4.72. The molecule has 1 aromatic rings. The van der Waals surface area contributed by atoms with Gasteiger partial charge in [-0.05, 0) is 13.8 Å². The highest BCUT2D eigenvalue weighted by molar-refractivity contribution is 5.20. The second kappa shape index (κ2) is 2.66. The van der Waals surface area contributed by atoms with Crippen LogP contribution in [0, 0.1) is 0 Å². The molecule has 0 bridgehead atoms. The molecular formula is C5H10N4O. The molecule has 1 aromatic heterocycles. The molecule has 0 spiro atoms. The molecule has 1 heterocycles. The predicted octanol–water partition coefficient (Wildman–Crippen LogP) is 0.158. The fourth-order valence-corrected chi connectivity index (χ4v) is 0.502. The molecule has 0 unspecified atom stereocenters. The molecule has 0 radical (unpaired) electrons. The summed E-state index contributed by atoms with van der Waals surface area (Å²) in [5, 5.41) is 4.83. The van der Waals surface area contributed by atoms with E-state index in [9.17, 15) is 0 Å². The van der Waals surface area contributed by atoms with Crippen molar-refractivity contribution in [2.24, 2.45) is 5.84 Å². The highest BCUT2D eigenvalue weighted by Gasteiger charge is 2.09. The van der Waals surface area contributed by atoms with Crippen LogP contribution >= 0.6 is 0 Å². The molecule has 0 aliphatic rings. The first-order valence-electron chi connectivity index (χ1n) is 3.02. The van der Waals surface area contributed by atoms with E-state index in [2.05, 4.69) is 10.1 Å². The van der Waals surface area contributed by atoms with Gasteiger partial charge in [0.1, 0.15) is 0 Å². The second-order valence-electron chi connectivity index (χ2n) is 2.22. The molecule has 0 aliphatic carbocycles. The molecular weight excluding hydrogens is 132 g/mol. The van der Waals surface area contributed by atoms with Gasteiger partial charge in [-0.25, -0.2) is 5.84 Å². The Morgan fingerprint density at radius 3 is 2.80 bits per heavy atom. The zero-order valence-corrected chi connectivity index (χ0v) is 5.98. The van der Waals surface area contributed by atoms with Crippen LogP contribution in [-0.2, 0) is 0 Å². The van der Waals surface area contributed by atoms with Crippen LogP contribution in [0.1, 0.15) is 13.8 Å². The number of hydrogen-bond donors (Lipinski definition) is 1. The lowest BCUT2D eigenvalue weighted by atomic mass is 10.4. The van der Waals surface area contributed by atoms with E-state index in [0.717, 1.165) is 0 Å². The quantitative estimate of drug-likeness (QED) is 0.470. The van der Waals surface area contributed by atoms with Crippen LogP contribution in [0.4, 0.5) is 6.01 Å². The molecule has 5 heteroatoms. The van der Waals surface area contributed by atoms with E-state index < -0.39 is 0 Å². The first-order valence-corrected chi connectivity index (χ1v) is 3.02. The van der Waals surface area contributed by atoms with Gasteiger partial charge in [0, 0.05) is 6.04 Å². The summed E-state index contributed by atoms with van der Waals surface area (Å²) in [6.07, 6.45) is 1.32. The summed E-state index contributed by atoms with van der Waals surface area (Å²) >= 11 is 0. The Morgan fingerprint density at radius 2 is 2.40 bits per heavy atom. The Kier molecular flexibility index (Phi) is 1.86. The van der Waals surface area contributed by atoms with E-state index in [0.29, 0.717) is 6.01 Å². The highest BCUT2D eigenvalue weighted by atomic mass is 16.5. The van der Waals surface area contributed by atoms with Gasteiger partial charge in [-0.1, -0.05) is 5.16 Å². The molecule has 1 rings (SSSR count). The second-order valence-corrected chi connectivity index (χ2v) is 2.22. The maximum absolute atomic E-state index is 5.52. The third-order valence-corrected chi connectivity index (χ3v) is 1.13. The van der Waals surface area contributed by atoms with E-state index >= 15 is 0 Å². The topological polar surface area (TPSA) is 68.2 Å². The SMILES string of the molecule is CC(C)N(N)c1ncno1. The lowest BCUT2D eigenvalue weighted by molar-refractivity contribution is 0.406. The zero-order chi connectivity index (χ0) is 7.56. The van der Waals surface area contributed by atoms with Gasteiger partial charge in [-0.3, -0.25) is 5.01 Å². The fourth-order valence-electron chi connectivity index (χ4n) is 0.502. The molecule has 0 fully saturated rings. The van der Waals surface area contributed by atoms with E-state index in [-0.39, 0.29) is 6.04 Å². The van der Waals surface area contributed by atoms with Crippen molar-refractivity contribution in [2.75, 3.05) is 5.01 Å². The van der Waals surface area contributed by atoms with Gasteiger partial charge in [0.05, 0.1) is 0 Å². The highest BCUT2D eigenvalue weighted by Crippen LogP contribution is 2.05. The van der Waals surface area contributed by atoms with Crippen molar-refractivity contribution in [1.29, 1.82) is 0 Å². The third kappa shape index (κ3) is 1.24.